The monoisotopic (exact) mass is 943 g/mol. The third-order valence-electron chi connectivity index (χ3n) is 10.00. The molecule has 4 aromatic heterocycles. The molecule has 0 N–H and O–H groups in total. The third kappa shape index (κ3) is 8.36. The zero-order valence-electron chi connectivity index (χ0n) is 33.9. The van der Waals surface area contributed by atoms with Gasteiger partial charge in [0.25, 0.3) is 0 Å². The van der Waals surface area contributed by atoms with E-state index < -0.39 is 0 Å². The first kappa shape index (κ1) is 40.6. The molecule has 2 aliphatic heterocycles. The molecule has 2 aliphatic rings. The predicted octanol–water partition coefficient (Wildman–Crippen LogP) is 10.5. The van der Waals surface area contributed by atoms with Crippen LogP contribution < -0.4 is 19.6 Å². The van der Waals surface area contributed by atoms with Crippen molar-refractivity contribution in [2.45, 2.75) is 65.2 Å². The first-order chi connectivity index (χ1) is 27.6. The minimum atomic E-state index is -0.0215. The Morgan fingerprint density at radius 1 is 0.586 bits per heavy atom. The van der Waals surface area contributed by atoms with E-state index in [1.165, 1.54) is 5.69 Å². The summed E-state index contributed by atoms with van der Waals surface area (Å²) in [6.07, 6.45) is 9.66. The molecule has 6 heterocycles. The van der Waals surface area contributed by atoms with Crippen molar-refractivity contribution in [3.63, 3.8) is 0 Å². The smallest absolute Gasteiger partial charge is 0.124 e. The van der Waals surface area contributed by atoms with Gasteiger partial charge in [-0.2, -0.15) is 74.0 Å². The van der Waals surface area contributed by atoms with Crippen molar-refractivity contribution < 1.29 is 20.1 Å². The van der Waals surface area contributed by atoms with Crippen LogP contribution in [0.1, 0.15) is 65.8 Å². The van der Waals surface area contributed by atoms with Crippen LogP contribution in [0.25, 0.3) is 16.9 Å². The summed E-state index contributed by atoms with van der Waals surface area (Å²) >= 11 is 0. The maximum atomic E-state index is 5.01. The first-order valence-corrected chi connectivity index (χ1v) is 19.6. The minimum Gasteiger partial charge on any atom is -0.500 e. The quantitative estimate of drug-likeness (QED) is 0.110. The third-order valence-corrected chi connectivity index (χ3v) is 10.00. The molecule has 9 nitrogen and oxygen atoms in total. The fourth-order valence-corrected chi connectivity index (χ4v) is 7.40. The van der Waals surface area contributed by atoms with E-state index in [1.54, 1.807) is 0 Å². The fourth-order valence-electron chi connectivity index (χ4n) is 7.40. The Hall–Kier alpha value is -5.57. The Labute approximate surface area is 356 Å². The molecule has 3 aromatic carbocycles. The number of imidazole rings is 1. The van der Waals surface area contributed by atoms with Gasteiger partial charge in [-0.3, -0.25) is 4.98 Å². The Morgan fingerprint density at radius 2 is 1.12 bits per heavy atom. The molecular formula is C48H48IrN9-5. The van der Waals surface area contributed by atoms with Crippen molar-refractivity contribution in [3.8, 4) is 11.3 Å². The van der Waals surface area contributed by atoms with E-state index in [-0.39, 0.29) is 30.9 Å². The number of para-hydroxylation sites is 2. The van der Waals surface area contributed by atoms with Crippen molar-refractivity contribution >= 4 is 40.0 Å². The average Bonchev–Trinajstić information content (AvgIpc) is 3.93. The number of nitrogens with zero attached hydrogens (tertiary/aromatic N) is 9. The van der Waals surface area contributed by atoms with Crippen LogP contribution in [0.5, 0.6) is 0 Å². The van der Waals surface area contributed by atoms with Gasteiger partial charge in [-0.05, 0) is 50.2 Å². The Bertz CT molecular complexity index is 2320. The molecule has 0 aliphatic carbocycles. The fraction of sp³-hybridized carbons (Fsp3) is 0.250. The second kappa shape index (κ2) is 17.1. The van der Waals surface area contributed by atoms with E-state index in [1.807, 2.05) is 97.6 Å². The molecule has 0 saturated carbocycles. The van der Waals surface area contributed by atoms with Crippen LogP contribution in [-0.4, -0.2) is 37.4 Å². The molecule has 0 amide bonds. The number of aromatic nitrogens is 5. The van der Waals surface area contributed by atoms with Crippen molar-refractivity contribution in [2.24, 2.45) is 0 Å². The SMILES string of the molecule is CC(C)(C)c1nc2c(-c3[c-]cccc3)nccn2c1C(C)(C)C.[Ir].[c-]1ccccc1N1[CH-]N(CCCCN2[CH-]N(c3[c-]cccc3)c3ncccc32)c2cccnc21. The number of rotatable bonds is 8. The number of benzene rings is 3. The first-order valence-electron chi connectivity index (χ1n) is 19.6. The van der Waals surface area contributed by atoms with Crippen LogP contribution >= 0.6 is 0 Å². The zero-order chi connectivity index (χ0) is 39.6. The number of fused-ring (bicyclic) bond motifs is 3. The van der Waals surface area contributed by atoms with E-state index >= 15 is 0 Å². The maximum Gasteiger partial charge on any atom is 0.124 e. The molecule has 7 aromatic rings. The molecule has 58 heavy (non-hydrogen) atoms. The van der Waals surface area contributed by atoms with Gasteiger partial charge in [0, 0.05) is 72.8 Å². The summed E-state index contributed by atoms with van der Waals surface area (Å²) in [6.45, 7) is 19.5. The van der Waals surface area contributed by atoms with Gasteiger partial charge < -0.3 is 24.0 Å². The van der Waals surface area contributed by atoms with Crippen LogP contribution in [0, 0.1) is 31.5 Å². The number of hydrogen-bond donors (Lipinski definition) is 0. The summed E-state index contributed by atoms with van der Waals surface area (Å²) in [5.74, 6) is 1.90. The molecule has 1 radical (unpaired) electrons. The normalized spacial score (nSPS) is 13.6. The van der Waals surface area contributed by atoms with Crippen molar-refractivity contribution in [1.82, 2.24) is 24.3 Å². The molecule has 0 atom stereocenters. The maximum absolute atomic E-state index is 5.01. The summed E-state index contributed by atoms with van der Waals surface area (Å²) < 4.78 is 2.20. The summed E-state index contributed by atoms with van der Waals surface area (Å²) in [6, 6.07) is 42.1. The zero-order valence-corrected chi connectivity index (χ0v) is 36.3. The molecule has 0 unspecified atom stereocenters. The molecule has 0 bridgehead atoms. The van der Waals surface area contributed by atoms with Crippen LogP contribution in [0.2, 0.25) is 0 Å². The van der Waals surface area contributed by atoms with Gasteiger partial charge in [0.15, 0.2) is 0 Å². The molecule has 0 fully saturated rings. The second-order valence-corrected chi connectivity index (χ2v) is 16.3. The number of pyridine rings is 2. The molecular weight excluding hydrogens is 895 g/mol. The molecule has 0 saturated heterocycles. The van der Waals surface area contributed by atoms with Gasteiger partial charge in [0.1, 0.15) is 17.3 Å². The van der Waals surface area contributed by atoms with E-state index in [0.29, 0.717) is 0 Å². The molecule has 299 valence electrons. The van der Waals surface area contributed by atoms with Crippen LogP contribution in [-0.2, 0) is 30.9 Å². The van der Waals surface area contributed by atoms with Gasteiger partial charge in [-0.15, -0.1) is 47.3 Å². The molecule has 10 heteroatoms. The van der Waals surface area contributed by atoms with Gasteiger partial charge in [0.05, 0.1) is 11.4 Å². The average molecular weight is 943 g/mol. The minimum absolute atomic E-state index is 0. The van der Waals surface area contributed by atoms with Gasteiger partial charge >= 0.3 is 0 Å². The summed E-state index contributed by atoms with van der Waals surface area (Å²) in [4.78, 5) is 27.6. The standard InChI is InChI=1S/C28H24N6.C20H24N3.Ir/c1-3-11-23(12-4-1)33-21-31(25-15-9-17-29-27(25)33)19-7-8-20-32-22-34(24-13-5-2-6-14-24)28-26(32)16-10-18-30-28;1-19(2,3)16-17(20(4,5)6)23-13-12-21-15(18(23)22-16)14-10-8-7-9-11-14;/h1-6,9-11,13,15-18,21-22H,7-8,19-20H2;7-10,12-13H,1-6H3;/q-4;-1;. The Kier molecular flexibility index (Phi) is 12.0. The number of hydrogen-bond acceptors (Lipinski definition) is 8. The van der Waals surface area contributed by atoms with E-state index in [4.69, 9.17) is 4.98 Å². The Morgan fingerprint density at radius 3 is 1.59 bits per heavy atom. The van der Waals surface area contributed by atoms with Gasteiger partial charge in [-0.1, -0.05) is 41.5 Å². The Balaban J connectivity index is 0.000000187. The predicted molar refractivity (Wildman–Crippen MR) is 230 cm³/mol. The van der Waals surface area contributed by atoms with Crippen LogP contribution in [0.4, 0.5) is 34.4 Å². The van der Waals surface area contributed by atoms with Crippen LogP contribution in [0.3, 0.4) is 0 Å². The van der Waals surface area contributed by atoms with Crippen molar-refractivity contribution in [2.75, 3.05) is 32.7 Å². The topological polar surface area (TPSA) is 68.9 Å². The molecule has 0 spiro atoms. The van der Waals surface area contributed by atoms with Gasteiger partial charge in [-0.25, -0.2) is 15.0 Å². The summed E-state index contributed by atoms with van der Waals surface area (Å²) in [5.41, 5.74) is 9.39. The van der Waals surface area contributed by atoms with Crippen LogP contribution in [0.15, 0.2) is 122 Å². The largest absolute Gasteiger partial charge is 0.500 e. The van der Waals surface area contributed by atoms with Crippen molar-refractivity contribution in [3.05, 3.63) is 165 Å². The number of anilines is 6. The summed E-state index contributed by atoms with van der Waals surface area (Å²) in [7, 11) is 0. The van der Waals surface area contributed by atoms with E-state index in [2.05, 4.69) is 136 Å². The summed E-state index contributed by atoms with van der Waals surface area (Å²) in [5, 5.41) is 0. The van der Waals surface area contributed by atoms with E-state index in [9.17, 15) is 0 Å². The second-order valence-electron chi connectivity index (χ2n) is 16.3. The van der Waals surface area contributed by atoms with Gasteiger partial charge in [0.2, 0.25) is 0 Å². The van der Waals surface area contributed by atoms with Crippen molar-refractivity contribution in [1.29, 1.82) is 0 Å². The molecule has 9 rings (SSSR count). The number of unbranched alkanes of at least 4 members (excludes halogenated alkanes) is 1. The van der Waals surface area contributed by atoms with E-state index in [0.717, 1.165) is 82.9 Å².